The van der Waals surface area contributed by atoms with Crippen molar-refractivity contribution in [2.45, 2.75) is 47.0 Å². The largest absolute Gasteiger partial charge is 0.425 e. The Morgan fingerprint density at radius 1 is 0.917 bits per heavy atom. The summed E-state index contributed by atoms with van der Waals surface area (Å²) in [6.07, 6.45) is 2.34. The smallest absolute Gasteiger partial charge is 0.243 e. The summed E-state index contributed by atoms with van der Waals surface area (Å²) in [6.45, 7) is 12.9. The van der Waals surface area contributed by atoms with E-state index in [4.69, 9.17) is 8.83 Å². The topological polar surface area (TPSA) is 77.8 Å². The normalized spacial score (nSPS) is 37.4. The van der Waals surface area contributed by atoms with Gasteiger partial charge >= 0.3 is 0 Å². The van der Waals surface area contributed by atoms with E-state index in [0.717, 1.165) is 5.89 Å². The number of hydrogen-bond acceptors (Lipinski definition) is 6. The molecular weight excluding hydrogens is 304 g/mol. The third-order valence-electron chi connectivity index (χ3n) is 6.90. The van der Waals surface area contributed by atoms with Crippen LogP contribution in [0.1, 0.15) is 51.3 Å². The molecule has 5 rings (SSSR count). The van der Waals surface area contributed by atoms with Gasteiger partial charge in [0, 0.05) is 19.4 Å². The first-order valence-electron chi connectivity index (χ1n) is 8.55. The fourth-order valence-electron chi connectivity index (χ4n) is 5.75. The van der Waals surface area contributed by atoms with Crippen LogP contribution in [0.15, 0.2) is 14.9 Å². The standard InChI is InChI=1S/C18H22N4O2/c1-8-19-21-14(23-8)10-7-11-17(5,6)18(11,13-12(10)16(13,3)4)15-22-20-9(2)24-15/h7,11-13H,1-6H3/t11-,12+,13-,18-/m0/s1. The van der Waals surface area contributed by atoms with E-state index < -0.39 is 0 Å². The number of aromatic nitrogens is 4. The molecule has 126 valence electrons. The maximum Gasteiger partial charge on any atom is 0.243 e. The fourth-order valence-corrected chi connectivity index (χ4v) is 5.75. The lowest BCUT2D eigenvalue weighted by Crippen LogP contribution is -2.23. The molecule has 0 aliphatic heterocycles. The monoisotopic (exact) mass is 326 g/mol. The molecule has 0 spiro atoms. The van der Waals surface area contributed by atoms with Crippen molar-refractivity contribution < 1.29 is 8.83 Å². The van der Waals surface area contributed by atoms with Crippen LogP contribution in [0.2, 0.25) is 0 Å². The summed E-state index contributed by atoms with van der Waals surface area (Å²) in [5, 5.41) is 16.8. The van der Waals surface area contributed by atoms with Crippen molar-refractivity contribution in [2.24, 2.45) is 28.6 Å². The lowest BCUT2D eigenvalue weighted by atomic mass is 9.84. The molecule has 0 saturated heterocycles. The van der Waals surface area contributed by atoms with E-state index in [9.17, 15) is 0 Å². The number of nitrogens with zero attached hydrogens (tertiary/aromatic N) is 4. The maximum atomic E-state index is 5.94. The first-order chi connectivity index (χ1) is 11.2. The molecule has 6 heteroatoms. The molecule has 0 amide bonds. The minimum Gasteiger partial charge on any atom is -0.425 e. The molecule has 2 heterocycles. The van der Waals surface area contributed by atoms with Gasteiger partial charge in [0.25, 0.3) is 0 Å². The lowest BCUT2D eigenvalue weighted by molar-refractivity contribution is 0.307. The van der Waals surface area contributed by atoms with Gasteiger partial charge in [-0.15, -0.1) is 20.4 Å². The van der Waals surface area contributed by atoms with E-state index in [1.165, 1.54) is 5.57 Å². The van der Waals surface area contributed by atoms with Crippen LogP contribution in [0.4, 0.5) is 0 Å². The highest BCUT2D eigenvalue weighted by Gasteiger charge is 2.87. The Bertz CT molecular complexity index is 890. The van der Waals surface area contributed by atoms with Crippen molar-refractivity contribution in [3.8, 4) is 0 Å². The highest BCUT2D eigenvalue weighted by Crippen LogP contribution is 2.87. The summed E-state index contributed by atoms with van der Waals surface area (Å²) in [5.74, 6) is 3.92. The molecule has 24 heavy (non-hydrogen) atoms. The average Bonchev–Trinajstić information content (AvgIpc) is 3.00. The molecule has 4 atom stereocenters. The Labute approximate surface area is 140 Å². The van der Waals surface area contributed by atoms with E-state index >= 15 is 0 Å². The molecule has 2 fully saturated rings. The molecular formula is C18H22N4O2. The van der Waals surface area contributed by atoms with Gasteiger partial charge in [0.1, 0.15) is 0 Å². The van der Waals surface area contributed by atoms with Gasteiger partial charge in [0.05, 0.1) is 5.41 Å². The zero-order chi connectivity index (χ0) is 17.1. The molecule has 2 aromatic rings. The van der Waals surface area contributed by atoms with Crippen LogP contribution in [0.3, 0.4) is 0 Å². The Balaban J connectivity index is 1.69. The van der Waals surface area contributed by atoms with Crippen LogP contribution in [-0.2, 0) is 5.41 Å². The van der Waals surface area contributed by atoms with Crippen molar-refractivity contribution >= 4 is 5.57 Å². The van der Waals surface area contributed by atoms with Crippen molar-refractivity contribution in [1.29, 1.82) is 0 Å². The Morgan fingerprint density at radius 3 is 2.17 bits per heavy atom. The van der Waals surface area contributed by atoms with Crippen molar-refractivity contribution in [1.82, 2.24) is 20.4 Å². The zero-order valence-corrected chi connectivity index (χ0v) is 14.9. The summed E-state index contributed by atoms with van der Waals surface area (Å²) in [5.41, 5.74) is 1.37. The highest BCUT2D eigenvalue weighted by atomic mass is 16.4. The van der Waals surface area contributed by atoms with Crippen LogP contribution in [0.5, 0.6) is 0 Å². The summed E-state index contributed by atoms with van der Waals surface area (Å²) in [6, 6.07) is 0. The quantitative estimate of drug-likeness (QED) is 0.842. The fraction of sp³-hybridized carbons (Fsp3) is 0.667. The third kappa shape index (κ3) is 1.36. The maximum absolute atomic E-state index is 5.94. The molecule has 0 radical (unpaired) electrons. The molecule has 0 bridgehead atoms. The number of allylic oxidation sites excluding steroid dienone is 2. The molecule has 3 aliphatic rings. The Hall–Kier alpha value is -1.98. The Kier molecular flexibility index (Phi) is 2.28. The molecule has 0 N–H and O–H groups in total. The number of aryl methyl sites for hydroxylation is 2. The molecule has 3 aliphatic carbocycles. The van der Waals surface area contributed by atoms with Crippen molar-refractivity contribution in [2.75, 3.05) is 0 Å². The van der Waals surface area contributed by atoms with Gasteiger partial charge in [0.2, 0.25) is 23.6 Å². The second-order valence-corrected chi connectivity index (χ2v) is 8.72. The number of rotatable bonds is 2. The second-order valence-electron chi connectivity index (χ2n) is 8.72. The average molecular weight is 326 g/mol. The van der Waals surface area contributed by atoms with Gasteiger partial charge in [-0.2, -0.15) is 0 Å². The van der Waals surface area contributed by atoms with E-state index in [0.29, 0.717) is 35.4 Å². The molecule has 0 unspecified atom stereocenters. The van der Waals surface area contributed by atoms with Crippen molar-refractivity contribution in [3.05, 3.63) is 29.6 Å². The van der Waals surface area contributed by atoms with E-state index in [1.54, 1.807) is 0 Å². The number of hydrogen-bond donors (Lipinski definition) is 0. The highest BCUT2D eigenvalue weighted by molar-refractivity contribution is 5.72. The van der Waals surface area contributed by atoms with Crippen LogP contribution < -0.4 is 0 Å². The molecule has 2 saturated carbocycles. The van der Waals surface area contributed by atoms with Crippen LogP contribution in [-0.4, -0.2) is 20.4 Å². The minimum atomic E-state index is -0.0685. The van der Waals surface area contributed by atoms with Gasteiger partial charge in [-0.3, -0.25) is 0 Å². The minimum absolute atomic E-state index is 0.0685. The summed E-state index contributed by atoms with van der Waals surface area (Å²) >= 11 is 0. The number of fused-ring (bicyclic) bond motifs is 3. The molecule has 2 aromatic heterocycles. The van der Waals surface area contributed by atoms with E-state index in [2.05, 4.69) is 54.2 Å². The van der Waals surface area contributed by atoms with E-state index in [1.807, 2.05) is 13.8 Å². The van der Waals surface area contributed by atoms with E-state index in [-0.39, 0.29) is 16.2 Å². The van der Waals surface area contributed by atoms with Crippen LogP contribution in [0.25, 0.3) is 5.57 Å². The van der Waals surface area contributed by atoms with Crippen LogP contribution in [0, 0.1) is 42.4 Å². The zero-order valence-electron chi connectivity index (χ0n) is 14.9. The first kappa shape index (κ1) is 14.4. The third-order valence-corrected chi connectivity index (χ3v) is 6.90. The van der Waals surface area contributed by atoms with Crippen molar-refractivity contribution in [3.63, 3.8) is 0 Å². The van der Waals surface area contributed by atoms with Gasteiger partial charge < -0.3 is 8.83 Å². The van der Waals surface area contributed by atoms with Gasteiger partial charge in [-0.05, 0) is 28.6 Å². The molecule has 6 nitrogen and oxygen atoms in total. The first-order valence-corrected chi connectivity index (χ1v) is 8.55. The SMILES string of the molecule is Cc1nnc(C2=C[C@H]3C(C)(C)[C@]3(c3nnc(C)o3)[C@H]3[C@@H]2C3(C)C)o1. The summed E-state index contributed by atoms with van der Waals surface area (Å²) in [4.78, 5) is 0. The predicted molar refractivity (Wildman–Crippen MR) is 85.8 cm³/mol. The second kappa shape index (κ2) is 3.81. The van der Waals surface area contributed by atoms with Gasteiger partial charge in [-0.1, -0.05) is 33.8 Å². The van der Waals surface area contributed by atoms with Crippen LogP contribution >= 0.6 is 0 Å². The molecule has 0 aromatic carbocycles. The Morgan fingerprint density at radius 2 is 1.58 bits per heavy atom. The summed E-state index contributed by atoms with van der Waals surface area (Å²) in [7, 11) is 0. The lowest BCUT2D eigenvalue weighted by Gasteiger charge is -2.19. The predicted octanol–water partition coefficient (Wildman–Crippen LogP) is 3.33. The van der Waals surface area contributed by atoms with Gasteiger partial charge in [0.15, 0.2) is 0 Å². The van der Waals surface area contributed by atoms with Gasteiger partial charge in [-0.25, -0.2) is 0 Å². The summed E-state index contributed by atoms with van der Waals surface area (Å²) < 4.78 is 11.7.